The molecule has 0 amide bonds. The van der Waals surface area contributed by atoms with Crippen molar-refractivity contribution in [1.29, 1.82) is 0 Å². The van der Waals surface area contributed by atoms with E-state index in [1.807, 2.05) is 36.4 Å². The summed E-state index contributed by atoms with van der Waals surface area (Å²) in [6.45, 7) is 7.10. The van der Waals surface area contributed by atoms with E-state index in [-0.39, 0.29) is 17.6 Å². The van der Waals surface area contributed by atoms with Crippen molar-refractivity contribution in [2.24, 2.45) is 0 Å². The Hall–Kier alpha value is -3.01. The summed E-state index contributed by atoms with van der Waals surface area (Å²) in [6, 6.07) is 19.0. The van der Waals surface area contributed by atoms with Gasteiger partial charge in [0.15, 0.2) is 0 Å². The molecule has 3 rings (SSSR count). The molecule has 27 heavy (non-hydrogen) atoms. The van der Waals surface area contributed by atoms with E-state index in [1.165, 1.54) is 5.56 Å². The van der Waals surface area contributed by atoms with E-state index in [4.69, 9.17) is 9.47 Å². The van der Waals surface area contributed by atoms with Crippen LogP contribution in [-0.2, 0) is 5.41 Å². The molecule has 0 aromatic heterocycles. The number of ether oxygens (including phenoxy) is 2. The van der Waals surface area contributed by atoms with Gasteiger partial charge < -0.3 is 14.6 Å². The lowest BCUT2D eigenvalue weighted by molar-refractivity contribution is 0.0691. The third kappa shape index (κ3) is 4.59. The first-order valence-corrected chi connectivity index (χ1v) is 8.97. The molecule has 3 aromatic carbocycles. The average Bonchev–Trinajstić information content (AvgIpc) is 2.64. The summed E-state index contributed by atoms with van der Waals surface area (Å²) in [7, 11) is 0. The van der Waals surface area contributed by atoms with Crippen molar-refractivity contribution in [3.8, 4) is 11.5 Å². The lowest BCUT2D eigenvalue weighted by Crippen LogP contribution is -2.12. The molecule has 0 radical (unpaired) electrons. The fraction of sp³-hybridized carbons (Fsp3) is 0.261. The molecule has 0 atom stereocenters. The number of hydrogen-bond acceptors (Lipinski definition) is 3. The van der Waals surface area contributed by atoms with E-state index < -0.39 is 5.97 Å². The fourth-order valence-corrected chi connectivity index (χ4v) is 2.87. The van der Waals surface area contributed by atoms with Crippen LogP contribution in [0, 0.1) is 0 Å². The summed E-state index contributed by atoms with van der Waals surface area (Å²) in [4.78, 5) is 11.5. The molecule has 4 heteroatoms. The summed E-state index contributed by atoms with van der Waals surface area (Å²) in [5.74, 6) is 0.117. The van der Waals surface area contributed by atoms with Gasteiger partial charge in [-0.15, -0.1) is 0 Å². The Morgan fingerprint density at radius 3 is 2.07 bits per heavy atom. The standard InChI is InChI=1S/C23H24O4/c1-23(2,3)18-8-10-19(11-9-18)26-12-13-27-21-15-17-7-5-4-6-16(17)14-20(21)22(24)25/h4-11,14-15H,12-13H2,1-3H3,(H,24,25). The molecule has 0 spiro atoms. The van der Waals surface area contributed by atoms with Crippen LogP contribution in [0.3, 0.4) is 0 Å². The van der Waals surface area contributed by atoms with Gasteiger partial charge in [0.1, 0.15) is 30.3 Å². The summed E-state index contributed by atoms with van der Waals surface area (Å²) < 4.78 is 11.4. The maximum atomic E-state index is 11.5. The summed E-state index contributed by atoms with van der Waals surface area (Å²) >= 11 is 0. The Bertz CT molecular complexity index is 937. The first-order chi connectivity index (χ1) is 12.8. The van der Waals surface area contributed by atoms with Crippen molar-refractivity contribution in [1.82, 2.24) is 0 Å². The number of benzene rings is 3. The maximum Gasteiger partial charge on any atom is 0.339 e. The van der Waals surface area contributed by atoms with E-state index in [0.29, 0.717) is 12.4 Å². The van der Waals surface area contributed by atoms with Crippen LogP contribution in [0.15, 0.2) is 60.7 Å². The highest BCUT2D eigenvalue weighted by molar-refractivity contribution is 5.97. The second-order valence-corrected chi connectivity index (χ2v) is 7.47. The van der Waals surface area contributed by atoms with Crippen LogP contribution in [0.2, 0.25) is 0 Å². The lowest BCUT2D eigenvalue weighted by Gasteiger charge is -2.19. The minimum atomic E-state index is -1.01. The zero-order valence-corrected chi connectivity index (χ0v) is 15.9. The number of carboxylic acid groups (broad SMARTS) is 1. The van der Waals surface area contributed by atoms with Crippen molar-refractivity contribution in [2.75, 3.05) is 13.2 Å². The topological polar surface area (TPSA) is 55.8 Å². The Balaban J connectivity index is 1.63. The molecule has 1 N–H and O–H groups in total. The average molecular weight is 364 g/mol. The number of hydrogen-bond donors (Lipinski definition) is 1. The SMILES string of the molecule is CC(C)(C)c1ccc(OCCOc2cc3ccccc3cc2C(=O)O)cc1. The minimum absolute atomic E-state index is 0.102. The molecule has 0 saturated heterocycles. The highest BCUT2D eigenvalue weighted by atomic mass is 16.5. The third-order valence-electron chi connectivity index (χ3n) is 4.41. The molecule has 0 aliphatic rings. The predicted octanol–water partition coefficient (Wildman–Crippen LogP) is 5.29. The van der Waals surface area contributed by atoms with Gasteiger partial charge in [0, 0.05) is 0 Å². The van der Waals surface area contributed by atoms with Gasteiger partial charge in [0.2, 0.25) is 0 Å². The number of aromatic carboxylic acids is 1. The molecule has 0 fully saturated rings. The van der Waals surface area contributed by atoms with Crippen LogP contribution in [-0.4, -0.2) is 24.3 Å². The third-order valence-corrected chi connectivity index (χ3v) is 4.41. The summed E-state index contributed by atoms with van der Waals surface area (Å²) in [5.41, 5.74) is 1.50. The Morgan fingerprint density at radius 2 is 1.48 bits per heavy atom. The van der Waals surface area contributed by atoms with Crippen LogP contribution < -0.4 is 9.47 Å². The van der Waals surface area contributed by atoms with E-state index >= 15 is 0 Å². The zero-order chi connectivity index (χ0) is 19.4. The molecule has 0 saturated carbocycles. The number of carboxylic acids is 1. The van der Waals surface area contributed by atoms with Gasteiger partial charge in [-0.05, 0) is 46.0 Å². The molecule has 0 aliphatic heterocycles. The Kier molecular flexibility index (Phi) is 5.36. The molecular weight excluding hydrogens is 340 g/mol. The quantitative estimate of drug-likeness (QED) is 0.604. The van der Waals surface area contributed by atoms with Crippen LogP contribution in [0.5, 0.6) is 11.5 Å². The monoisotopic (exact) mass is 364 g/mol. The van der Waals surface area contributed by atoms with Crippen molar-refractivity contribution in [2.45, 2.75) is 26.2 Å². The van der Waals surface area contributed by atoms with Crippen molar-refractivity contribution in [3.63, 3.8) is 0 Å². The highest BCUT2D eigenvalue weighted by Gasteiger charge is 2.14. The second-order valence-electron chi connectivity index (χ2n) is 7.47. The van der Waals surface area contributed by atoms with Gasteiger partial charge in [0.25, 0.3) is 0 Å². The molecular formula is C23H24O4. The van der Waals surface area contributed by atoms with Crippen molar-refractivity contribution in [3.05, 3.63) is 71.8 Å². The zero-order valence-electron chi connectivity index (χ0n) is 15.9. The molecule has 0 bridgehead atoms. The number of fused-ring (bicyclic) bond motifs is 1. The van der Waals surface area contributed by atoms with Gasteiger partial charge >= 0.3 is 5.97 Å². The van der Waals surface area contributed by atoms with E-state index in [1.54, 1.807) is 12.1 Å². The maximum absolute atomic E-state index is 11.5. The van der Waals surface area contributed by atoms with Crippen LogP contribution in [0.4, 0.5) is 0 Å². The first kappa shape index (κ1) is 18.8. The molecule has 140 valence electrons. The van der Waals surface area contributed by atoms with Crippen LogP contribution >= 0.6 is 0 Å². The van der Waals surface area contributed by atoms with E-state index in [9.17, 15) is 9.90 Å². The highest BCUT2D eigenvalue weighted by Crippen LogP contribution is 2.27. The Morgan fingerprint density at radius 1 is 0.889 bits per heavy atom. The Labute approximate surface area is 159 Å². The van der Waals surface area contributed by atoms with Crippen molar-refractivity contribution >= 4 is 16.7 Å². The number of rotatable bonds is 6. The fourth-order valence-electron chi connectivity index (χ4n) is 2.87. The summed E-state index contributed by atoms with van der Waals surface area (Å²) in [6.07, 6.45) is 0. The molecule has 0 heterocycles. The molecule has 3 aromatic rings. The molecule has 0 aliphatic carbocycles. The number of carbonyl (C=O) groups is 1. The normalized spacial score (nSPS) is 11.4. The van der Waals surface area contributed by atoms with Gasteiger partial charge in [-0.25, -0.2) is 4.79 Å². The minimum Gasteiger partial charge on any atom is -0.490 e. The molecule has 4 nitrogen and oxygen atoms in total. The lowest BCUT2D eigenvalue weighted by atomic mass is 9.87. The second kappa shape index (κ2) is 7.70. The van der Waals surface area contributed by atoms with Gasteiger partial charge in [-0.1, -0.05) is 57.2 Å². The largest absolute Gasteiger partial charge is 0.490 e. The van der Waals surface area contributed by atoms with E-state index in [0.717, 1.165) is 16.5 Å². The van der Waals surface area contributed by atoms with E-state index in [2.05, 4.69) is 32.9 Å². The summed E-state index contributed by atoms with van der Waals surface area (Å²) in [5, 5.41) is 11.3. The van der Waals surface area contributed by atoms with Crippen LogP contribution in [0.1, 0.15) is 36.7 Å². The smallest absolute Gasteiger partial charge is 0.339 e. The van der Waals surface area contributed by atoms with Gasteiger partial charge in [-0.2, -0.15) is 0 Å². The van der Waals surface area contributed by atoms with Crippen LogP contribution in [0.25, 0.3) is 10.8 Å². The predicted molar refractivity (Wildman–Crippen MR) is 107 cm³/mol. The van der Waals surface area contributed by atoms with Gasteiger partial charge in [-0.3, -0.25) is 0 Å². The van der Waals surface area contributed by atoms with Gasteiger partial charge in [0.05, 0.1) is 0 Å². The first-order valence-electron chi connectivity index (χ1n) is 8.97. The molecule has 0 unspecified atom stereocenters. The van der Waals surface area contributed by atoms with Crippen molar-refractivity contribution < 1.29 is 19.4 Å².